The van der Waals surface area contributed by atoms with Crippen LogP contribution in [0.15, 0.2) is 18.5 Å². The number of aryl methyl sites for hydroxylation is 1. The molecule has 1 fully saturated rings. The van der Waals surface area contributed by atoms with Crippen LogP contribution in [0.3, 0.4) is 0 Å². The van der Waals surface area contributed by atoms with E-state index in [2.05, 4.69) is 26.8 Å². The highest BCUT2D eigenvalue weighted by atomic mass is 15.2. The third-order valence-corrected chi connectivity index (χ3v) is 3.17. The number of rotatable bonds is 6. The first-order valence-electron chi connectivity index (χ1n) is 6.61. The number of fused-ring (bicyclic) bond motifs is 1. The van der Waals surface area contributed by atoms with Crippen molar-refractivity contribution >= 4 is 11.3 Å². The van der Waals surface area contributed by atoms with Crippen molar-refractivity contribution in [3.63, 3.8) is 0 Å². The van der Waals surface area contributed by atoms with Gasteiger partial charge in [0.1, 0.15) is 5.52 Å². The molecular weight excluding hydrogens is 226 g/mol. The summed E-state index contributed by atoms with van der Waals surface area (Å²) >= 11 is 0. The first-order valence-corrected chi connectivity index (χ1v) is 6.61. The zero-order valence-electron chi connectivity index (χ0n) is 10.7. The molecule has 5 heteroatoms. The van der Waals surface area contributed by atoms with Gasteiger partial charge in [0.05, 0.1) is 5.69 Å². The van der Waals surface area contributed by atoms with E-state index in [1.54, 1.807) is 6.20 Å². The van der Waals surface area contributed by atoms with Gasteiger partial charge in [0.15, 0.2) is 5.82 Å². The quantitative estimate of drug-likeness (QED) is 0.759. The summed E-state index contributed by atoms with van der Waals surface area (Å²) in [4.78, 5) is 4.37. The highest BCUT2D eigenvalue weighted by molar-refractivity contribution is 5.67. The molecule has 2 aromatic rings. The molecule has 1 aliphatic carbocycles. The molecule has 0 unspecified atom stereocenters. The van der Waals surface area contributed by atoms with Crippen molar-refractivity contribution in [1.29, 1.82) is 0 Å². The van der Waals surface area contributed by atoms with Crippen molar-refractivity contribution in [1.82, 2.24) is 19.9 Å². The Balaban J connectivity index is 1.56. The standard InChI is InChI=1S/C13H19N5/c1-10-9-12-13(16-7-8-18(12)17-10)15-6-2-5-14-11-3-4-11/h7-9,11,14H,2-6H2,1H3,(H,15,16). The van der Waals surface area contributed by atoms with E-state index >= 15 is 0 Å². The number of hydrogen-bond acceptors (Lipinski definition) is 4. The highest BCUT2D eigenvalue weighted by Crippen LogP contribution is 2.18. The Morgan fingerprint density at radius 2 is 2.28 bits per heavy atom. The van der Waals surface area contributed by atoms with Crippen molar-refractivity contribution in [3.05, 3.63) is 24.2 Å². The Labute approximate surface area is 107 Å². The average Bonchev–Trinajstić information content (AvgIpc) is 3.09. The van der Waals surface area contributed by atoms with Crippen LogP contribution in [0.1, 0.15) is 25.0 Å². The summed E-state index contributed by atoms with van der Waals surface area (Å²) < 4.78 is 1.87. The van der Waals surface area contributed by atoms with Crippen LogP contribution in [0, 0.1) is 6.92 Å². The summed E-state index contributed by atoms with van der Waals surface area (Å²) in [7, 11) is 0. The van der Waals surface area contributed by atoms with Crippen molar-refractivity contribution in [2.24, 2.45) is 0 Å². The minimum absolute atomic E-state index is 0.795. The Bertz CT molecular complexity index is 529. The number of hydrogen-bond donors (Lipinski definition) is 2. The van der Waals surface area contributed by atoms with Crippen LogP contribution in [0.25, 0.3) is 5.52 Å². The second-order valence-electron chi connectivity index (χ2n) is 4.90. The molecule has 0 amide bonds. The number of aromatic nitrogens is 3. The van der Waals surface area contributed by atoms with Crippen LogP contribution < -0.4 is 10.6 Å². The normalized spacial score (nSPS) is 15.2. The molecule has 3 rings (SSSR count). The molecule has 0 spiro atoms. The van der Waals surface area contributed by atoms with Gasteiger partial charge in [0.25, 0.3) is 0 Å². The molecule has 0 aromatic carbocycles. The van der Waals surface area contributed by atoms with Crippen molar-refractivity contribution < 1.29 is 0 Å². The van der Waals surface area contributed by atoms with Crippen molar-refractivity contribution in [2.45, 2.75) is 32.2 Å². The second-order valence-corrected chi connectivity index (χ2v) is 4.90. The van der Waals surface area contributed by atoms with E-state index in [0.29, 0.717) is 0 Å². The van der Waals surface area contributed by atoms with E-state index in [9.17, 15) is 0 Å². The summed E-state index contributed by atoms with van der Waals surface area (Å²) in [5.41, 5.74) is 2.06. The van der Waals surface area contributed by atoms with Crippen LogP contribution in [-0.4, -0.2) is 33.7 Å². The predicted molar refractivity (Wildman–Crippen MR) is 71.9 cm³/mol. The molecular formula is C13H19N5. The first kappa shape index (κ1) is 11.5. The second kappa shape index (κ2) is 4.94. The van der Waals surface area contributed by atoms with Gasteiger partial charge in [-0.25, -0.2) is 9.50 Å². The lowest BCUT2D eigenvalue weighted by atomic mass is 10.3. The minimum atomic E-state index is 0.795. The Morgan fingerprint density at radius 3 is 3.11 bits per heavy atom. The molecule has 5 nitrogen and oxygen atoms in total. The van der Waals surface area contributed by atoms with Crippen molar-refractivity contribution in [3.8, 4) is 0 Å². The molecule has 0 radical (unpaired) electrons. The summed E-state index contributed by atoms with van der Waals surface area (Å²) in [6, 6.07) is 2.85. The van der Waals surface area contributed by atoms with Crippen LogP contribution >= 0.6 is 0 Å². The Hall–Kier alpha value is -1.62. The molecule has 1 saturated carbocycles. The summed E-state index contributed by atoms with van der Waals surface area (Å²) in [6.45, 7) is 4.02. The van der Waals surface area contributed by atoms with Crippen LogP contribution in [0.5, 0.6) is 0 Å². The maximum atomic E-state index is 4.37. The van der Waals surface area contributed by atoms with E-state index in [0.717, 1.165) is 42.6 Å². The van der Waals surface area contributed by atoms with Crippen LogP contribution in [-0.2, 0) is 0 Å². The van der Waals surface area contributed by atoms with Crippen LogP contribution in [0.4, 0.5) is 5.82 Å². The van der Waals surface area contributed by atoms with Gasteiger partial charge in [0.2, 0.25) is 0 Å². The molecule has 0 atom stereocenters. The van der Waals surface area contributed by atoms with E-state index < -0.39 is 0 Å². The molecule has 2 N–H and O–H groups in total. The molecule has 0 bridgehead atoms. The lowest BCUT2D eigenvalue weighted by Crippen LogP contribution is -2.20. The SMILES string of the molecule is Cc1cc2c(NCCCNC3CC3)nccn2n1. The van der Waals surface area contributed by atoms with E-state index in [1.807, 2.05) is 17.6 Å². The van der Waals surface area contributed by atoms with Gasteiger partial charge in [-0.15, -0.1) is 0 Å². The van der Waals surface area contributed by atoms with Gasteiger partial charge in [0, 0.05) is 25.0 Å². The molecule has 2 heterocycles. The predicted octanol–water partition coefficient (Wildman–Crippen LogP) is 1.59. The zero-order chi connectivity index (χ0) is 12.4. The molecule has 2 aromatic heterocycles. The molecule has 18 heavy (non-hydrogen) atoms. The molecule has 96 valence electrons. The summed E-state index contributed by atoms with van der Waals surface area (Å²) in [5, 5.41) is 11.3. The monoisotopic (exact) mass is 245 g/mol. The van der Waals surface area contributed by atoms with E-state index in [4.69, 9.17) is 0 Å². The first-order chi connectivity index (χ1) is 8.83. The van der Waals surface area contributed by atoms with Gasteiger partial charge >= 0.3 is 0 Å². The minimum Gasteiger partial charge on any atom is -0.368 e. The fraction of sp³-hybridized carbons (Fsp3) is 0.538. The summed E-state index contributed by atoms with van der Waals surface area (Å²) in [6.07, 6.45) is 7.48. The maximum absolute atomic E-state index is 4.37. The highest BCUT2D eigenvalue weighted by Gasteiger charge is 2.19. The van der Waals surface area contributed by atoms with Crippen LogP contribution in [0.2, 0.25) is 0 Å². The fourth-order valence-corrected chi connectivity index (χ4v) is 2.07. The third-order valence-electron chi connectivity index (χ3n) is 3.17. The smallest absolute Gasteiger partial charge is 0.152 e. The van der Waals surface area contributed by atoms with Gasteiger partial charge < -0.3 is 10.6 Å². The molecule has 0 saturated heterocycles. The molecule has 1 aliphatic rings. The van der Waals surface area contributed by atoms with Gasteiger partial charge in [-0.3, -0.25) is 0 Å². The Morgan fingerprint density at radius 1 is 1.39 bits per heavy atom. The van der Waals surface area contributed by atoms with Gasteiger partial charge in [-0.2, -0.15) is 5.10 Å². The zero-order valence-corrected chi connectivity index (χ0v) is 10.7. The van der Waals surface area contributed by atoms with E-state index in [-0.39, 0.29) is 0 Å². The summed E-state index contributed by atoms with van der Waals surface area (Å²) in [5.74, 6) is 0.921. The average molecular weight is 245 g/mol. The lowest BCUT2D eigenvalue weighted by Gasteiger charge is -2.07. The maximum Gasteiger partial charge on any atom is 0.152 e. The topological polar surface area (TPSA) is 54.2 Å². The van der Waals surface area contributed by atoms with Gasteiger partial charge in [-0.05, 0) is 38.8 Å². The number of anilines is 1. The van der Waals surface area contributed by atoms with Gasteiger partial charge in [-0.1, -0.05) is 0 Å². The van der Waals surface area contributed by atoms with Crippen molar-refractivity contribution in [2.75, 3.05) is 18.4 Å². The third kappa shape index (κ3) is 2.61. The Kier molecular flexibility index (Phi) is 3.15. The number of nitrogens with zero attached hydrogens (tertiary/aromatic N) is 3. The molecule has 0 aliphatic heterocycles. The largest absolute Gasteiger partial charge is 0.368 e. The fourth-order valence-electron chi connectivity index (χ4n) is 2.07. The number of nitrogens with one attached hydrogen (secondary N) is 2. The lowest BCUT2D eigenvalue weighted by molar-refractivity contribution is 0.658. The van der Waals surface area contributed by atoms with E-state index in [1.165, 1.54) is 12.8 Å².